The summed E-state index contributed by atoms with van der Waals surface area (Å²) in [6.07, 6.45) is 1.06. The highest BCUT2D eigenvalue weighted by Crippen LogP contribution is 2.19. The number of nitrogens with one attached hydrogen (secondary N) is 2. The minimum atomic E-state index is -0.415. The largest absolute Gasteiger partial charge is 0.484 e. The predicted octanol–water partition coefficient (Wildman–Crippen LogP) is 1.29. The summed E-state index contributed by atoms with van der Waals surface area (Å²) in [6, 6.07) is 8.16. The molecule has 1 amide bonds. The normalized spacial score (nSPS) is 10.6. The van der Waals surface area contributed by atoms with E-state index in [1.165, 1.54) is 6.07 Å². The van der Waals surface area contributed by atoms with Gasteiger partial charge in [-0.25, -0.2) is 4.79 Å². The maximum absolute atomic E-state index is 11.6. The number of hydrogen-bond acceptors (Lipinski definition) is 5. The van der Waals surface area contributed by atoms with Crippen LogP contribution in [0.25, 0.3) is 11.0 Å². The summed E-state index contributed by atoms with van der Waals surface area (Å²) < 4.78 is 10.5. The first kappa shape index (κ1) is 16.0. The molecule has 118 valence electrons. The van der Waals surface area contributed by atoms with Crippen LogP contribution in [0.2, 0.25) is 0 Å². The van der Waals surface area contributed by atoms with Crippen molar-refractivity contribution in [1.29, 1.82) is 0 Å². The lowest BCUT2D eigenvalue weighted by Gasteiger charge is -2.08. The van der Waals surface area contributed by atoms with Crippen LogP contribution in [-0.4, -0.2) is 32.1 Å². The molecule has 0 spiro atoms. The Morgan fingerprint density at radius 2 is 2.00 bits per heavy atom. The van der Waals surface area contributed by atoms with E-state index in [1.807, 2.05) is 0 Å². The van der Waals surface area contributed by atoms with Crippen LogP contribution < -0.4 is 21.0 Å². The number of benzene rings is 1. The Morgan fingerprint density at radius 3 is 2.82 bits per heavy atom. The molecule has 6 heteroatoms. The Labute approximate surface area is 128 Å². The lowest BCUT2D eigenvalue weighted by atomic mass is 10.2. The topological polar surface area (TPSA) is 80.6 Å². The zero-order chi connectivity index (χ0) is 15.8. The van der Waals surface area contributed by atoms with Gasteiger partial charge in [0.2, 0.25) is 0 Å². The van der Waals surface area contributed by atoms with Crippen molar-refractivity contribution in [3.63, 3.8) is 0 Å². The number of amides is 1. The molecule has 0 radical (unpaired) electrons. The summed E-state index contributed by atoms with van der Waals surface area (Å²) in [4.78, 5) is 22.8. The van der Waals surface area contributed by atoms with E-state index in [2.05, 4.69) is 17.6 Å². The number of hydrogen-bond donors (Lipinski definition) is 2. The van der Waals surface area contributed by atoms with E-state index in [0.717, 1.165) is 24.9 Å². The van der Waals surface area contributed by atoms with Gasteiger partial charge in [0.05, 0.1) is 0 Å². The van der Waals surface area contributed by atoms with Gasteiger partial charge >= 0.3 is 5.63 Å². The second-order valence-corrected chi connectivity index (χ2v) is 4.84. The van der Waals surface area contributed by atoms with Crippen LogP contribution in [0.4, 0.5) is 0 Å². The van der Waals surface area contributed by atoms with Crippen LogP contribution in [0.1, 0.15) is 13.3 Å². The van der Waals surface area contributed by atoms with Crippen LogP contribution in [0.5, 0.6) is 5.75 Å². The first-order chi connectivity index (χ1) is 10.7. The molecule has 1 aromatic carbocycles. The third kappa shape index (κ3) is 4.89. The fourth-order valence-corrected chi connectivity index (χ4v) is 1.92. The average Bonchev–Trinajstić information content (AvgIpc) is 2.52. The summed E-state index contributed by atoms with van der Waals surface area (Å²) in [5.74, 6) is 0.300. The molecule has 0 aliphatic rings. The number of rotatable bonds is 8. The number of carbonyl (C=O) groups is 1. The maximum atomic E-state index is 11.6. The average molecular weight is 304 g/mol. The van der Waals surface area contributed by atoms with Crippen molar-refractivity contribution in [1.82, 2.24) is 10.6 Å². The third-order valence-electron chi connectivity index (χ3n) is 3.02. The van der Waals surface area contributed by atoms with E-state index in [9.17, 15) is 9.59 Å². The zero-order valence-electron chi connectivity index (χ0n) is 12.6. The molecule has 1 aromatic heterocycles. The van der Waals surface area contributed by atoms with Crippen molar-refractivity contribution in [3.05, 3.63) is 40.8 Å². The summed E-state index contributed by atoms with van der Waals surface area (Å²) >= 11 is 0. The maximum Gasteiger partial charge on any atom is 0.336 e. The molecule has 1 heterocycles. The molecule has 0 aliphatic carbocycles. The SMILES string of the molecule is CCCNCCNC(=O)COc1ccc2ccc(=O)oc2c1. The molecule has 0 atom stereocenters. The molecule has 22 heavy (non-hydrogen) atoms. The van der Waals surface area contributed by atoms with Gasteiger partial charge < -0.3 is 19.8 Å². The standard InChI is InChI=1S/C16H20N2O4/c1-2-7-17-8-9-18-15(19)11-21-13-5-3-12-4-6-16(20)22-14(12)10-13/h3-6,10,17H,2,7-9,11H2,1H3,(H,18,19). The summed E-state index contributed by atoms with van der Waals surface area (Å²) in [6.45, 7) is 4.26. The van der Waals surface area contributed by atoms with Gasteiger partial charge in [0.25, 0.3) is 5.91 Å². The predicted molar refractivity (Wildman–Crippen MR) is 84.1 cm³/mol. The Kier molecular flexibility index (Phi) is 5.97. The van der Waals surface area contributed by atoms with E-state index in [-0.39, 0.29) is 12.5 Å². The van der Waals surface area contributed by atoms with E-state index in [1.54, 1.807) is 24.3 Å². The van der Waals surface area contributed by atoms with Crippen LogP contribution >= 0.6 is 0 Å². The monoisotopic (exact) mass is 304 g/mol. The van der Waals surface area contributed by atoms with E-state index in [4.69, 9.17) is 9.15 Å². The highest BCUT2D eigenvalue weighted by molar-refractivity contribution is 5.79. The van der Waals surface area contributed by atoms with E-state index >= 15 is 0 Å². The van der Waals surface area contributed by atoms with Crippen molar-refractivity contribution in [2.45, 2.75) is 13.3 Å². The molecule has 0 unspecified atom stereocenters. The fourth-order valence-electron chi connectivity index (χ4n) is 1.92. The van der Waals surface area contributed by atoms with Crippen LogP contribution in [-0.2, 0) is 4.79 Å². The molecule has 0 saturated heterocycles. The van der Waals surface area contributed by atoms with Crippen molar-refractivity contribution >= 4 is 16.9 Å². The molecular formula is C16H20N2O4. The van der Waals surface area contributed by atoms with Crippen molar-refractivity contribution in [2.75, 3.05) is 26.2 Å². The van der Waals surface area contributed by atoms with Crippen LogP contribution in [0.3, 0.4) is 0 Å². The zero-order valence-corrected chi connectivity index (χ0v) is 12.6. The smallest absolute Gasteiger partial charge is 0.336 e. The molecule has 2 N–H and O–H groups in total. The van der Waals surface area contributed by atoms with E-state index in [0.29, 0.717) is 17.9 Å². The lowest BCUT2D eigenvalue weighted by Crippen LogP contribution is -2.35. The number of ether oxygens (including phenoxy) is 1. The third-order valence-corrected chi connectivity index (χ3v) is 3.02. The van der Waals surface area contributed by atoms with Crippen LogP contribution in [0, 0.1) is 0 Å². The van der Waals surface area contributed by atoms with Crippen LogP contribution in [0.15, 0.2) is 39.5 Å². The van der Waals surface area contributed by atoms with Crippen molar-refractivity contribution in [3.8, 4) is 5.75 Å². The summed E-state index contributed by atoms with van der Waals surface area (Å²) in [5, 5.41) is 6.75. The van der Waals surface area contributed by atoms with Gasteiger partial charge in [-0.15, -0.1) is 0 Å². The van der Waals surface area contributed by atoms with Crippen molar-refractivity contribution < 1.29 is 13.9 Å². The summed E-state index contributed by atoms with van der Waals surface area (Å²) in [7, 11) is 0. The van der Waals surface area contributed by atoms with E-state index < -0.39 is 5.63 Å². The first-order valence-electron chi connectivity index (χ1n) is 7.33. The number of carbonyl (C=O) groups excluding carboxylic acids is 1. The molecule has 2 rings (SSSR count). The minimum Gasteiger partial charge on any atom is -0.484 e. The Morgan fingerprint density at radius 1 is 1.18 bits per heavy atom. The van der Waals surface area contributed by atoms with Gasteiger partial charge in [0.15, 0.2) is 6.61 Å². The van der Waals surface area contributed by atoms with Gasteiger partial charge in [0, 0.05) is 30.6 Å². The Hall–Kier alpha value is -2.34. The molecule has 0 fully saturated rings. The molecular weight excluding hydrogens is 284 g/mol. The quantitative estimate of drug-likeness (QED) is 0.567. The van der Waals surface area contributed by atoms with Crippen molar-refractivity contribution in [2.24, 2.45) is 0 Å². The minimum absolute atomic E-state index is 0.0731. The van der Waals surface area contributed by atoms with Gasteiger partial charge in [-0.1, -0.05) is 6.92 Å². The fraction of sp³-hybridized carbons (Fsp3) is 0.375. The highest BCUT2D eigenvalue weighted by atomic mass is 16.5. The van der Waals surface area contributed by atoms with Gasteiger partial charge in [-0.2, -0.15) is 0 Å². The van der Waals surface area contributed by atoms with Gasteiger partial charge in [-0.3, -0.25) is 4.79 Å². The second-order valence-electron chi connectivity index (χ2n) is 4.84. The first-order valence-corrected chi connectivity index (χ1v) is 7.33. The Bertz CT molecular complexity index is 681. The van der Waals surface area contributed by atoms with Gasteiger partial charge in [-0.05, 0) is 31.2 Å². The molecule has 0 aliphatic heterocycles. The molecule has 0 saturated carbocycles. The molecule has 0 bridgehead atoms. The number of fused-ring (bicyclic) bond motifs is 1. The summed E-state index contributed by atoms with van der Waals surface area (Å²) in [5.41, 5.74) is 0.0242. The molecule has 6 nitrogen and oxygen atoms in total. The van der Waals surface area contributed by atoms with Gasteiger partial charge in [0.1, 0.15) is 11.3 Å². The molecule has 2 aromatic rings. The highest BCUT2D eigenvalue weighted by Gasteiger charge is 2.04. The Balaban J connectivity index is 1.81. The second kappa shape index (κ2) is 8.19. The lowest BCUT2D eigenvalue weighted by molar-refractivity contribution is -0.123.